The molecule has 1 N–H and O–H groups in total. The summed E-state index contributed by atoms with van der Waals surface area (Å²) in [6.45, 7) is 5.67. The molecule has 3 aromatic rings. The maximum absolute atomic E-state index is 12.4. The van der Waals surface area contributed by atoms with Crippen LogP contribution in [0.4, 0.5) is 5.69 Å². The van der Waals surface area contributed by atoms with Crippen molar-refractivity contribution in [3.8, 4) is 10.4 Å². The standard InChI is InChI=1S/C17H15ClN2O2S/c1-9-4-5-12(8-13(9)18)19-17(21)15-7-6-14(23-15)16-10(2)20-22-11(16)3/h4-8H,1-3H3,(H,19,21). The van der Waals surface area contributed by atoms with Crippen LogP contribution in [0.5, 0.6) is 0 Å². The summed E-state index contributed by atoms with van der Waals surface area (Å²) in [7, 11) is 0. The maximum Gasteiger partial charge on any atom is 0.265 e. The summed E-state index contributed by atoms with van der Waals surface area (Å²) in [6, 6.07) is 9.17. The largest absolute Gasteiger partial charge is 0.361 e. The van der Waals surface area contributed by atoms with Crippen LogP contribution in [0.3, 0.4) is 0 Å². The lowest BCUT2D eigenvalue weighted by Crippen LogP contribution is -2.09. The average Bonchev–Trinajstić information content (AvgIpc) is 3.10. The van der Waals surface area contributed by atoms with Crippen LogP contribution in [-0.2, 0) is 0 Å². The van der Waals surface area contributed by atoms with E-state index in [1.807, 2.05) is 39.0 Å². The molecule has 1 amide bonds. The Morgan fingerprint density at radius 1 is 1.22 bits per heavy atom. The Bertz CT molecular complexity index is 863. The summed E-state index contributed by atoms with van der Waals surface area (Å²) in [6.07, 6.45) is 0. The first-order valence-corrected chi connectivity index (χ1v) is 8.25. The molecule has 0 spiro atoms. The van der Waals surface area contributed by atoms with Crippen molar-refractivity contribution >= 4 is 34.5 Å². The summed E-state index contributed by atoms with van der Waals surface area (Å²) >= 11 is 7.49. The first kappa shape index (κ1) is 15.8. The normalized spacial score (nSPS) is 10.8. The number of amides is 1. The first-order chi connectivity index (χ1) is 11.0. The van der Waals surface area contributed by atoms with Gasteiger partial charge in [0.1, 0.15) is 5.76 Å². The van der Waals surface area contributed by atoms with E-state index in [9.17, 15) is 4.79 Å². The Morgan fingerprint density at radius 2 is 2.00 bits per heavy atom. The molecule has 6 heteroatoms. The number of hydrogen-bond acceptors (Lipinski definition) is 4. The molecule has 0 saturated carbocycles. The van der Waals surface area contributed by atoms with Crippen LogP contribution < -0.4 is 5.32 Å². The molecule has 0 fully saturated rings. The minimum absolute atomic E-state index is 0.159. The lowest BCUT2D eigenvalue weighted by Gasteiger charge is -2.05. The van der Waals surface area contributed by atoms with E-state index in [1.54, 1.807) is 12.1 Å². The molecule has 0 unspecified atom stereocenters. The summed E-state index contributed by atoms with van der Waals surface area (Å²) in [5, 5.41) is 7.44. The van der Waals surface area contributed by atoms with Gasteiger partial charge in [-0.25, -0.2) is 0 Å². The monoisotopic (exact) mass is 346 g/mol. The van der Waals surface area contributed by atoms with Crippen molar-refractivity contribution in [1.29, 1.82) is 0 Å². The van der Waals surface area contributed by atoms with E-state index in [-0.39, 0.29) is 5.91 Å². The zero-order valence-corrected chi connectivity index (χ0v) is 14.5. The van der Waals surface area contributed by atoms with Crippen LogP contribution in [0.15, 0.2) is 34.9 Å². The highest BCUT2D eigenvalue weighted by Crippen LogP contribution is 2.33. The second-order valence-electron chi connectivity index (χ2n) is 5.28. The third-order valence-corrected chi connectivity index (χ3v) is 5.05. The number of thiophene rings is 1. The highest BCUT2D eigenvalue weighted by Gasteiger charge is 2.16. The molecule has 23 heavy (non-hydrogen) atoms. The fraction of sp³-hybridized carbons (Fsp3) is 0.176. The topological polar surface area (TPSA) is 55.1 Å². The van der Waals surface area contributed by atoms with Gasteiger partial charge in [-0.05, 0) is 50.6 Å². The van der Waals surface area contributed by atoms with E-state index in [2.05, 4.69) is 10.5 Å². The number of anilines is 1. The van der Waals surface area contributed by atoms with E-state index in [0.717, 1.165) is 27.5 Å². The highest BCUT2D eigenvalue weighted by molar-refractivity contribution is 7.17. The van der Waals surface area contributed by atoms with Crippen molar-refractivity contribution in [3.63, 3.8) is 0 Å². The number of aryl methyl sites for hydroxylation is 3. The summed E-state index contributed by atoms with van der Waals surface area (Å²) in [5.74, 6) is 0.592. The SMILES string of the molecule is Cc1ccc(NC(=O)c2ccc(-c3c(C)noc3C)s2)cc1Cl. The predicted octanol–water partition coefficient (Wildman–Crippen LogP) is 5.23. The minimum atomic E-state index is -0.159. The molecule has 118 valence electrons. The van der Waals surface area contributed by atoms with Gasteiger partial charge in [-0.1, -0.05) is 22.8 Å². The molecular weight excluding hydrogens is 332 g/mol. The zero-order chi connectivity index (χ0) is 16.6. The highest BCUT2D eigenvalue weighted by atomic mass is 35.5. The van der Waals surface area contributed by atoms with Crippen molar-refractivity contribution < 1.29 is 9.32 Å². The zero-order valence-electron chi connectivity index (χ0n) is 12.9. The smallest absolute Gasteiger partial charge is 0.265 e. The van der Waals surface area contributed by atoms with Gasteiger partial charge < -0.3 is 9.84 Å². The molecule has 4 nitrogen and oxygen atoms in total. The molecule has 2 heterocycles. The van der Waals surface area contributed by atoms with Gasteiger partial charge in [-0.15, -0.1) is 11.3 Å². The van der Waals surface area contributed by atoms with E-state index in [1.165, 1.54) is 11.3 Å². The molecule has 0 saturated heterocycles. The molecule has 0 aliphatic heterocycles. The molecule has 0 atom stereocenters. The van der Waals surface area contributed by atoms with Gasteiger partial charge in [-0.3, -0.25) is 4.79 Å². The van der Waals surface area contributed by atoms with Crippen molar-refractivity contribution in [2.24, 2.45) is 0 Å². The summed E-state index contributed by atoms with van der Waals surface area (Å²) in [4.78, 5) is 14.0. The Labute approximate surface area is 143 Å². The van der Waals surface area contributed by atoms with Gasteiger partial charge in [0.05, 0.1) is 16.1 Å². The van der Waals surface area contributed by atoms with Gasteiger partial charge in [0.2, 0.25) is 0 Å². The summed E-state index contributed by atoms with van der Waals surface area (Å²) in [5.41, 5.74) is 3.42. The Morgan fingerprint density at radius 3 is 2.65 bits per heavy atom. The number of carbonyl (C=O) groups is 1. The maximum atomic E-state index is 12.4. The predicted molar refractivity (Wildman–Crippen MR) is 93.4 cm³/mol. The Kier molecular flexibility index (Phi) is 4.24. The number of benzene rings is 1. The third-order valence-electron chi connectivity index (χ3n) is 3.54. The number of hydrogen-bond donors (Lipinski definition) is 1. The number of aromatic nitrogens is 1. The van der Waals surface area contributed by atoms with Crippen LogP contribution in [0.25, 0.3) is 10.4 Å². The second-order valence-corrected chi connectivity index (χ2v) is 6.77. The molecule has 1 aromatic carbocycles. The average molecular weight is 347 g/mol. The van der Waals surface area contributed by atoms with Crippen LogP contribution in [-0.4, -0.2) is 11.1 Å². The fourth-order valence-electron chi connectivity index (χ4n) is 2.29. The quantitative estimate of drug-likeness (QED) is 0.706. The van der Waals surface area contributed by atoms with Crippen molar-refractivity contribution in [2.75, 3.05) is 5.32 Å². The number of nitrogens with zero attached hydrogens (tertiary/aromatic N) is 1. The molecule has 0 radical (unpaired) electrons. The van der Waals surface area contributed by atoms with Gasteiger partial charge >= 0.3 is 0 Å². The molecule has 0 aliphatic carbocycles. The summed E-state index contributed by atoms with van der Waals surface area (Å²) < 4.78 is 5.18. The van der Waals surface area contributed by atoms with E-state index in [4.69, 9.17) is 16.1 Å². The van der Waals surface area contributed by atoms with E-state index in [0.29, 0.717) is 15.6 Å². The first-order valence-electron chi connectivity index (χ1n) is 7.06. The number of halogens is 1. The molecule has 2 aromatic heterocycles. The van der Waals surface area contributed by atoms with Crippen molar-refractivity contribution in [1.82, 2.24) is 5.16 Å². The number of rotatable bonds is 3. The second kappa shape index (κ2) is 6.18. The molecule has 3 rings (SSSR count). The van der Waals surface area contributed by atoms with Crippen LogP contribution >= 0.6 is 22.9 Å². The number of nitrogens with one attached hydrogen (secondary N) is 1. The van der Waals surface area contributed by atoms with Crippen LogP contribution in [0.2, 0.25) is 5.02 Å². The van der Waals surface area contributed by atoms with E-state index >= 15 is 0 Å². The minimum Gasteiger partial charge on any atom is -0.361 e. The molecule has 0 aliphatic rings. The molecular formula is C17H15ClN2O2S. The van der Waals surface area contributed by atoms with Crippen molar-refractivity contribution in [3.05, 3.63) is 57.2 Å². The van der Waals surface area contributed by atoms with Gasteiger partial charge in [-0.2, -0.15) is 0 Å². The van der Waals surface area contributed by atoms with E-state index < -0.39 is 0 Å². The molecule has 0 bridgehead atoms. The van der Waals surface area contributed by atoms with Gasteiger partial charge in [0.25, 0.3) is 5.91 Å². The van der Waals surface area contributed by atoms with Crippen LogP contribution in [0.1, 0.15) is 26.7 Å². The Hall–Kier alpha value is -2.11. The van der Waals surface area contributed by atoms with Gasteiger partial charge in [0.15, 0.2) is 0 Å². The van der Waals surface area contributed by atoms with Crippen LogP contribution in [0, 0.1) is 20.8 Å². The number of carbonyl (C=O) groups excluding carboxylic acids is 1. The lowest BCUT2D eigenvalue weighted by molar-refractivity contribution is 0.103. The Balaban J connectivity index is 1.82. The van der Waals surface area contributed by atoms with Crippen molar-refractivity contribution in [2.45, 2.75) is 20.8 Å². The lowest BCUT2D eigenvalue weighted by atomic mass is 10.2. The fourth-order valence-corrected chi connectivity index (χ4v) is 3.52. The van der Waals surface area contributed by atoms with Gasteiger partial charge in [0, 0.05) is 15.6 Å². The third kappa shape index (κ3) is 3.16.